The monoisotopic (exact) mass is 407 g/mol. The highest BCUT2D eigenvalue weighted by atomic mass is 35.5. The van der Waals surface area contributed by atoms with Gasteiger partial charge >= 0.3 is 0 Å². The van der Waals surface area contributed by atoms with Crippen molar-refractivity contribution in [1.29, 1.82) is 0 Å². The molecule has 24 heavy (non-hydrogen) atoms. The number of amides is 1. The minimum absolute atomic E-state index is 0. The van der Waals surface area contributed by atoms with Crippen LogP contribution in [-0.4, -0.2) is 23.0 Å². The van der Waals surface area contributed by atoms with Gasteiger partial charge in [0.1, 0.15) is 0 Å². The van der Waals surface area contributed by atoms with Gasteiger partial charge in [0, 0.05) is 33.7 Å². The van der Waals surface area contributed by atoms with Crippen molar-refractivity contribution in [2.75, 3.05) is 6.54 Å². The van der Waals surface area contributed by atoms with E-state index in [1.54, 1.807) is 23.1 Å². The Labute approximate surface area is 163 Å². The van der Waals surface area contributed by atoms with E-state index in [2.05, 4.69) is 15.7 Å². The van der Waals surface area contributed by atoms with E-state index in [0.29, 0.717) is 12.1 Å². The molecule has 4 nitrogen and oxygen atoms in total. The summed E-state index contributed by atoms with van der Waals surface area (Å²) in [6.07, 6.45) is 0. The van der Waals surface area contributed by atoms with Crippen molar-refractivity contribution in [1.82, 2.24) is 10.3 Å². The predicted octanol–water partition coefficient (Wildman–Crippen LogP) is 4.05. The molecule has 0 aliphatic carbocycles. The number of thioether (sulfide) groups is 1. The highest BCUT2D eigenvalue weighted by Gasteiger charge is 2.13. The summed E-state index contributed by atoms with van der Waals surface area (Å²) in [7, 11) is 0. The maximum Gasteiger partial charge on any atom is 0.251 e. The van der Waals surface area contributed by atoms with Gasteiger partial charge in [0.15, 0.2) is 0 Å². The molecule has 0 aliphatic rings. The van der Waals surface area contributed by atoms with Gasteiger partial charge < -0.3 is 11.1 Å². The van der Waals surface area contributed by atoms with E-state index < -0.39 is 5.54 Å². The molecule has 134 valence electrons. The number of benzene rings is 1. The van der Waals surface area contributed by atoms with Gasteiger partial charge in [-0.2, -0.15) is 0 Å². The number of aromatic nitrogens is 1. The molecular formula is C16H23Cl2N3OS2. The van der Waals surface area contributed by atoms with Crippen LogP contribution in [0.3, 0.4) is 0 Å². The van der Waals surface area contributed by atoms with Gasteiger partial charge in [-0.3, -0.25) is 4.79 Å². The first-order chi connectivity index (χ1) is 10.3. The van der Waals surface area contributed by atoms with Crippen molar-refractivity contribution in [3.63, 3.8) is 0 Å². The SMILES string of the molecule is Cc1nc(CSc2ccc(C(=O)NCC(C)(C)N)cc2)cs1.Cl.Cl. The van der Waals surface area contributed by atoms with E-state index in [9.17, 15) is 4.79 Å². The molecule has 3 N–H and O–H groups in total. The Morgan fingerprint density at radius 2 is 1.92 bits per heavy atom. The number of thiazole rings is 1. The number of aryl methyl sites for hydroxylation is 1. The summed E-state index contributed by atoms with van der Waals surface area (Å²) in [5, 5.41) is 6.01. The zero-order chi connectivity index (χ0) is 16.2. The Balaban J connectivity index is 0.00000264. The summed E-state index contributed by atoms with van der Waals surface area (Å²) in [5.74, 6) is 0.752. The molecule has 1 aromatic carbocycles. The maximum atomic E-state index is 12.0. The minimum Gasteiger partial charge on any atom is -0.350 e. The molecule has 1 heterocycles. The molecule has 0 bridgehead atoms. The third-order valence-corrected chi connectivity index (χ3v) is 4.74. The molecule has 0 atom stereocenters. The normalized spacial score (nSPS) is 10.5. The Bertz CT molecular complexity index is 640. The quantitative estimate of drug-likeness (QED) is 0.708. The summed E-state index contributed by atoms with van der Waals surface area (Å²) < 4.78 is 0. The lowest BCUT2D eigenvalue weighted by molar-refractivity contribution is 0.0946. The molecule has 0 fully saturated rings. The molecule has 1 aromatic heterocycles. The van der Waals surface area contributed by atoms with Crippen molar-refractivity contribution in [3.05, 3.63) is 45.9 Å². The summed E-state index contributed by atoms with van der Waals surface area (Å²) in [4.78, 5) is 17.6. The van der Waals surface area contributed by atoms with Crippen molar-refractivity contribution in [2.45, 2.75) is 37.0 Å². The summed E-state index contributed by atoms with van der Waals surface area (Å²) in [5.41, 5.74) is 7.20. The van der Waals surface area contributed by atoms with Crippen LogP contribution in [0.5, 0.6) is 0 Å². The molecule has 0 spiro atoms. The fourth-order valence-corrected chi connectivity index (χ4v) is 3.25. The first-order valence-corrected chi connectivity index (χ1v) is 8.91. The average Bonchev–Trinajstić information content (AvgIpc) is 2.88. The highest BCUT2D eigenvalue weighted by Crippen LogP contribution is 2.23. The van der Waals surface area contributed by atoms with E-state index in [4.69, 9.17) is 5.73 Å². The molecular weight excluding hydrogens is 385 g/mol. The van der Waals surface area contributed by atoms with Crippen LogP contribution in [0.25, 0.3) is 0 Å². The van der Waals surface area contributed by atoms with Crippen molar-refractivity contribution in [3.8, 4) is 0 Å². The van der Waals surface area contributed by atoms with Gasteiger partial charge in [-0.05, 0) is 45.0 Å². The second-order valence-electron chi connectivity index (χ2n) is 5.84. The number of nitrogens with zero attached hydrogens (tertiary/aromatic N) is 1. The molecule has 0 aliphatic heterocycles. The highest BCUT2D eigenvalue weighted by molar-refractivity contribution is 7.98. The van der Waals surface area contributed by atoms with Gasteiger partial charge in [-0.15, -0.1) is 47.9 Å². The molecule has 0 radical (unpaired) electrons. The van der Waals surface area contributed by atoms with Gasteiger partial charge in [0.05, 0.1) is 10.7 Å². The van der Waals surface area contributed by atoms with Crippen LogP contribution in [0.15, 0.2) is 34.5 Å². The first-order valence-electron chi connectivity index (χ1n) is 7.04. The lowest BCUT2D eigenvalue weighted by Crippen LogP contribution is -2.45. The van der Waals surface area contributed by atoms with Crippen molar-refractivity contribution >= 4 is 53.8 Å². The zero-order valence-electron chi connectivity index (χ0n) is 13.9. The van der Waals surface area contributed by atoms with E-state index in [0.717, 1.165) is 21.3 Å². The average molecular weight is 408 g/mol. The number of carbonyl (C=O) groups excluding carboxylic acids is 1. The van der Waals surface area contributed by atoms with Crippen LogP contribution in [0.4, 0.5) is 0 Å². The summed E-state index contributed by atoms with van der Waals surface area (Å²) in [6, 6.07) is 7.61. The smallest absolute Gasteiger partial charge is 0.251 e. The lowest BCUT2D eigenvalue weighted by Gasteiger charge is -2.18. The first kappa shape index (κ1) is 23.2. The largest absolute Gasteiger partial charge is 0.350 e. The predicted molar refractivity (Wildman–Crippen MR) is 108 cm³/mol. The summed E-state index contributed by atoms with van der Waals surface area (Å²) in [6.45, 7) is 6.22. The second-order valence-corrected chi connectivity index (χ2v) is 7.95. The number of rotatable bonds is 6. The van der Waals surface area contributed by atoms with Crippen LogP contribution in [0.1, 0.15) is 34.9 Å². The third-order valence-electron chi connectivity index (χ3n) is 2.87. The lowest BCUT2D eigenvalue weighted by atomic mass is 10.1. The van der Waals surface area contributed by atoms with Crippen LogP contribution >= 0.6 is 47.9 Å². The standard InChI is InChI=1S/C16H21N3OS2.2ClH/c1-11-19-13(8-21-11)9-22-14-6-4-12(5-7-14)15(20)18-10-16(2,3)17;;/h4-8H,9-10,17H2,1-3H3,(H,18,20);2*1H. The molecule has 0 saturated heterocycles. The van der Waals surface area contributed by atoms with Crippen LogP contribution < -0.4 is 11.1 Å². The molecule has 8 heteroatoms. The number of carbonyl (C=O) groups is 1. The van der Waals surface area contributed by atoms with Crippen LogP contribution in [0.2, 0.25) is 0 Å². The third kappa shape index (κ3) is 7.85. The Morgan fingerprint density at radius 3 is 2.42 bits per heavy atom. The Hall–Kier alpha value is -0.790. The molecule has 0 saturated carbocycles. The van der Waals surface area contributed by atoms with Gasteiger partial charge in [-0.25, -0.2) is 4.98 Å². The van der Waals surface area contributed by atoms with Gasteiger partial charge in [0.25, 0.3) is 5.91 Å². The minimum atomic E-state index is -0.406. The number of nitrogens with two attached hydrogens (primary N) is 1. The topological polar surface area (TPSA) is 68.0 Å². The Morgan fingerprint density at radius 1 is 1.29 bits per heavy atom. The molecule has 0 unspecified atom stereocenters. The fourth-order valence-electron chi connectivity index (χ4n) is 1.74. The molecule has 1 amide bonds. The van der Waals surface area contributed by atoms with Gasteiger partial charge in [0.2, 0.25) is 0 Å². The van der Waals surface area contributed by atoms with Crippen molar-refractivity contribution in [2.24, 2.45) is 5.73 Å². The molecule has 2 rings (SSSR count). The Kier molecular flexibility index (Phi) is 9.92. The maximum absolute atomic E-state index is 12.0. The van der Waals surface area contributed by atoms with E-state index in [1.165, 1.54) is 0 Å². The fraction of sp³-hybridized carbons (Fsp3) is 0.375. The zero-order valence-corrected chi connectivity index (χ0v) is 17.1. The van der Waals surface area contributed by atoms with E-state index in [1.807, 2.05) is 45.0 Å². The number of nitrogens with one attached hydrogen (secondary N) is 1. The van der Waals surface area contributed by atoms with E-state index in [-0.39, 0.29) is 30.7 Å². The van der Waals surface area contributed by atoms with E-state index >= 15 is 0 Å². The second kappa shape index (κ2) is 10.3. The number of hydrogen-bond acceptors (Lipinski definition) is 5. The molecule has 2 aromatic rings. The van der Waals surface area contributed by atoms with Crippen molar-refractivity contribution < 1.29 is 4.79 Å². The van der Waals surface area contributed by atoms with Crippen LogP contribution in [-0.2, 0) is 5.75 Å². The van der Waals surface area contributed by atoms with Crippen LogP contribution in [0, 0.1) is 6.92 Å². The summed E-state index contributed by atoms with van der Waals surface area (Å²) >= 11 is 3.38. The number of halogens is 2. The number of hydrogen-bond donors (Lipinski definition) is 2. The van der Waals surface area contributed by atoms with Gasteiger partial charge in [-0.1, -0.05) is 0 Å².